The van der Waals surface area contributed by atoms with Crippen LogP contribution in [-0.4, -0.2) is 32.8 Å². The topological polar surface area (TPSA) is 84.2 Å². The highest BCUT2D eigenvalue weighted by atomic mass is 19.1. The van der Waals surface area contributed by atoms with Gasteiger partial charge in [-0.1, -0.05) is 25.0 Å². The van der Waals surface area contributed by atoms with Crippen LogP contribution in [0.4, 0.5) is 4.39 Å². The maximum absolute atomic E-state index is 12.9. The third kappa shape index (κ3) is 4.23. The molecule has 0 aliphatic heterocycles. The molecule has 1 unspecified atom stereocenters. The monoisotopic (exact) mass is 345 g/mol. The van der Waals surface area contributed by atoms with Crippen LogP contribution in [0.25, 0.3) is 0 Å². The second-order valence-corrected chi connectivity index (χ2v) is 6.31. The SMILES string of the molecule is O=C(NC(Cc1ccc(F)cc1)C(=O)O)c1ccn(C2CCCC2)n1. The minimum Gasteiger partial charge on any atom is -0.480 e. The molecule has 25 heavy (non-hydrogen) atoms. The lowest BCUT2D eigenvalue weighted by Crippen LogP contribution is -2.42. The van der Waals surface area contributed by atoms with E-state index in [9.17, 15) is 19.1 Å². The summed E-state index contributed by atoms with van der Waals surface area (Å²) in [5.41, 5.74) is 0.836. The summed E-state index contributed by atoms with van der Waals surface area (Å²) in [4.78, 5) is 23.8. The summed E-state index contributed by atoms with van der Waals surface area (Å²) < 4.78 is 14.7. The first-order valence-corrected chi connectivity index (χ1v) is 8.36. The molecule has 0 spiro atoms. The minimum absolute atomic E-state index is 0.0741. The van der Waals surface area contributed by atoms with Gasteiger partial charge in [-0.25, -0.2) is 9.18 Å². The number of carbonyl (C=O) groups is 2. The molecule has 3 rings (SSSR count). The number of aliphatic carboxylic acids is 1. The third-order valence-corrected chi connectivity index (χ3v) is 4.50. The number of nitrogens with zero attached hydrogens (tertiary/aromatic N) is 2. The summed E-state index contributed by atoms with van der Waals surface area (Å²) in [5.74, 6) is -2.06. The van der Waals surface area contributed by atoms with Crippen LogP contribution in [0, 0.1) is 5.82 Å². The van der Waals surface area contributed by atoms with Gasteiger partial charge in [-0.3, -0.25) is 9.48 Å². The summed E-state index contributed by atoms with van der Waals surface area (Å²) in [5, 5.41) is 16.1. The van der Waals surface area contributed by atoms with Crippen molar-refractivity contribution in [2.45, 2.75) is 44.2 Å². The zero-order valence-corrected chi connectivity index (χ0v) is 13.7. The average molecular weight is 345 g/mol. The van der Waals surface area contributed by atoms with E-state index in [-0.39, 0.29) is 12.1 Å². The zero-order valence-electron chi connectivity index (χ0n) is 13.7. The predicted molar refractivity (Wildman–Crippen MR) is 88.7 cm³/mol. The van der Waals surface area contributed by atoms with Crippen molar-refractivity contribution in [3.63, 3.8) is 0 Å². The van der Waals surface area contributed by atoms with Crippen LogP contribution in [0.2, 0.25) is 0 Å². The van der Waals surface area contributed by atoms with Gasteiger partial charge >= 0.3 is 5.97 Å². The Kier molecular flexibility index (Phi) is 5.11. The van der Waals surface area contributed by atoms with E-state index in [1.807, 2.05) is 0 Å². The van der Waals surface area contributed by atoms with Crippen molar-refractivity contribution in [2.75, 3.05) is 0 Å². The number of halogens is 1. The lowest BCUT2D eigenvalue weighted by Gasteiger charge is -2.14. The van der Waals surface area contributed by atoms with Gasteiger partial charge in [0, 0.05) is 12.6 Å². The number of rotatable bonds is 6. The number of hydrogen-bond donors (Lipinski definition) is 2. The number of nitrogens with one attached hydrogen (secondary N) is 1. The highest BCUT2D eigenvalue weighted by molar-refractivity contribution is 5.94. The van der Waals surface area contributed by atoms with Gasteiger partial charge in [0.1, 0.15) is 17.6 Å². The van der Waals surface area contributed by atoms with Crippen molar-refractivity contribution in [2.24, 2.45) is 0 Å². The molecule has 1 aromatic heterocycles. The van der Waals surface area contributed by atoms with Crippen LogP contribution < -0.4 is 5.32 Å². The molecule has 1 heterocycles. The fraction of sp³-hybridized carbons (Fsp3) is 0.389. The first kappa shape index (κ1) is 17.1. The number of hydrogen-bond acceptors (Lipinski definition) is 3. The van der Waals surface area contributed by atoms with Gasteiger partial charge in [-0.15, -0.1) is 0 Å². The second kappa shape index (κ2) is 7.46. The quantitative estimate of drug-likeness (QED) is 0.843. The zero-order chi connectivity index (χ0) is 17.8. The van der Waals surface area contributed by atoms with Gasteiger partial charge in [0.05, 0.1) is 6.04 Å². The molecule has 1 saturated carbocycles. The molecular weight excluding hydrogens is 325 g/mol. The van der Waals surface area contributed by atoms with E-state index in [4.69, 9.17) is 0 Å². The van der Waals surface area contributed by atoms with Crippen LogP contribution >= 0.6 is 0 Å². The smallest absolute Gasteiger partial charge is 0.326 e. The average Bonchev–Trinajstić information content (AvgIpc) is 3.27. The molecule has 6 nitrogen and oxygen atoms in total. The molecule has 1 atom stereocenters. The Morgan fingerprint density at radius 3 is 2.56 bits per heavy atom. The second-order valence-electron chi connectivity index (χ2n) is 6.31. The van der Waals surface area contributed by atoms with E-state index in [0.29, 0.717) is 11.6 Å². The summed E-state index contributed by atoms with van der Waals surface area (Å²) in [6.45, 7) is 0. The molecule has 1 amide bonds. The van der Waals surface area contributed by atoms with Crippen LogP contribution in [0.15, 0.2) is 36.5 Å². The number of aromatic nitrogens is 2. The first-order chi connectivity index (χ1) is 12.0. The summed E-state index contributed by atoms with van der Waals surface area (Å²) in [6, 6.07) is 6.35. The summed E-state index contributed by atoms with van der Waals surface area (Å²) in [6.07, 6.45) is 6.25. The molecule has 1 aliphatic carbocycles. The van der Waals surface area contributed by atoms with Crippen molar-refractivity contribution in [3.05, 3.63) is 53.6 Å². The third-order valence-electron chi connectivity index (χ3n) is 4.50. The molecule has 2 aromatic rings. The lowest BCUT2D eigenvalue weighted by atomic mass is 10.1. The summed E-state index contributed by atoms with van der Waals surface area (Å²) in [7, 11) is 0. The molecule has 0 bridgehead atoms. The molecular formula is C18H20FN3O3. The predicted octanol–water partition coefficient (Wildman–Crippen LogP) is 2.56. The molecule has 1 fully saturated rings. The fourth-order valence-electron chi connectivity index (χ4n) is 3.12. The highest BCUT2D eigenvalue weighted by Crippen LogP contribution is 2.28. The van der Waals surface area contributed by atoms with E-state index in [1.54, 1.807) is 16.9 Å². The fourth-order valence-corrected chi connectivity index (χ4v) is 3.12. The molecule has 1 aliphatic rings. The van der Waals surface area contributed by atoms with Gasteiger partial charge in [0.2, 0.25) is 0 Å². The largest absolute Gasteiger partial charge is 0.480 e. The van der Waals surface area contributed by atoms with E-state index in [2.05, 4.69) is 10.4 Å². The van der Waals surface area contributed by atoms with Crippen molar-refractivity contribution in [3.8, 4) is 0 Å². The lowest BCUT2D eigenvalue weighted by molar-refractivity contribution is -0.139. The molecule has 2 N–H and O–H groups in total. The van der Waals surface area contributed by atoms with Gasteiger partial charge in [-0.2, -0.15) is 5.10 Å². The van der Waals surface area contributed by atoms with Gasteiger partial charge in [-0.05, 0) is 36.6 Å². The Labute approximate surface area is 144 Å². The molecule has 0 saturated heterocycles. The Balaban J connectivity index is 1.66. The van der Waals surface area contributed by atoms with Crippen molar-refractivity contribution < 1.29 is 19.1 Å². The Bertz CT molecular complexity index is 751. The van der Waals surface area contributed by atoms with Crippen molar-refractivity contribution >= 4 is 11.9 Å². The maximum Gasteiger partial charge on any atom is 0.326 e. The number of carbonyl (C=O) groups excluding carboxylic acids is 1. The summed E-state index contributed by atoms with van der Waals surface area (Å²) >= 11 is 0. The Hall–Kier alpha value is -2.70. The maximum atomic E-state index is 12.9. The normalized spacial score (nSPS) is 15.9. The Morgan fingerprint density at radius 1 is 1.24 bits per heavy atom. The molecule has 0 radical (unpaired) electrons. The van der Waals surface area contributed by atoms with E-state index >= 15 is 0 Å². The van der Waals surface area contributed by atoms with Crippen LogP contribution in [-0.2, 0) is 11.2 Å². The molecule has 7 heteroatoms. The van der Waals surface area contributed by atoms with E-state index < -0.39 is 23.7 Å². The minimum atomic E-state index is -1.15. The number of carboxylic acid groups (broad SMARTS) is 1. The highest BCUT2D eigenvalue weighted by Gasteiger charge is 2.24. The van der Waals surface area contributed by atoms with Gasteiger partial charge in [0.25, 0.3) is 5.91 Å². The van der Waals surface area contributed by atoms with Gasteiger partial charge in [0.15, 0.2) is 0 Å². The van der Waals surface area contributed by atoms with E-state index in [1.165, 1.54) is 24.3 Å². The van der Waals surface area contributed by atoms with Crippen molar-refractivity contribution in [1.82, 2.24) is 15.1 Å². The van der Waals surface area contributed by atoms with Crippen LogP contribution in [0.3, 0.4) is 0 Å². The van der Waals surface area contributed by atoms with E-state index in [0.717, 1.165) is 25.7 Å². The van der Waals surface area contributed by atoms with Crippen LogP contribution in [0.1, 0.15) is 47.8 Å². The standard InChI is InChI=1S/C18H20FN3O3/c19-13-7-5-12(6-8-13)11-16(18(24)25)20-17(23)15-9-10-22(21-15)14-3-1-2-4-14/h5-10,14,16H,1-4,11H2,(H,20,23)(H,24,25). The van der Waals surface area contributed by atoms with Crippen molar-refractivity contribution in [1.29, 1.82) is 0 Å². The number of amides is 1. The van der Waals surface area contributed by atoms with Gasteiger partial charge < -0.3 is 10.4 Å². The first-order valence-electron chi connectivity index (χ1n) is 8.36. The molecule has 132 valence electrons. The number of carboxylic acids is 1. The molecule has 1 aromatic carbocycles. The van der Waals surface area contributed by atoms with Crippen LogP contribution in [0.5, 0.6) is 0 Å². The number of benzene rings is 1. The Morgan fingerprint density at radius 2 is 1.92 bits per heavy atom.